The number of alkyl halides is 2. The molecule has 0 heterocycles. The number of ether oxygens (including phenoxy) is 2. The average Bonchev–Trinajstić information content (AvgIpc) is 3.77. The summed E-state index contributed by atoms with van der Waals surface area (Å²) in [6.45, 7) is 19.6. The summed E-state index contributed by atoms with van der Waals surface area (Å²) in [5.41, 5.74) is 4.45. The Hall–Kier alpha value is -3.13. The van der Waals surface area contributed by atoms with Gasteiger partial charge in [-0.15, -0.1) is 0 Å². The highest BCUT2D eigenvalue weighted by Gasteiger charge is 2.34. The van der Waals surface area contributed by atoms with Gasteiger partial charge in [-0.05, 0) is 99.6 Å². The van der Waals surface area contributed by atoms with Gasteiger partial charge in [-0.25, -0.2) is 0 Å². The number of carbonyl (C=O) groups excluding carboxylic acids is 3. The Kier molecular flexibility index (Phi) is 21.1. The molecule has 1 fully saturated rings. The number of aliphatic hydroxyl groups excluding tert-OH is 1. The van der Waals surface area contributed by atoms with Gasteiger partial charge in [-0.3, -0.25) is 4.79 Å². The number of Topliss-reactive ketones (excluding diaryl/α,β-unsaturated/α-hetero) is 1. The smallest absolute Gasteiger partial charge is 0.397 e. The van der Waals surface area contributed by atoms with E-state index in [0.29, 0.717) is 18.1 Å². The minimum Gasteiger partial charge on any atom is -0.494 e. The predicted octanol–water partition coefficient (Wildman–Crippen LogP) is 7.82. The summed E-state index contributed by atoms with van der Waals surface area (Å²) >= 11 is 0. The highest BCUT2D eigenvalue weighted by atomic mass is 19.3. The van der Waals surface area contributed by atoms with Crippen molar-refractivity contribution in [3.05, 3.63) is 58.7 Å². The second-order valence-corrected chi connectivity index (χ2v) is 10.0. The minimum atomic E-state index is -3.05. The molecule has 1 aliphatic rings. The maximum absolute atomic E-state index is 13.5. The second kappa shape index (κ2) is 21.6. The molecule has 1 saturated carbocycles. The Morgan fingerprint density at radius 1 is 0.976 bits per heavy atom. The van der Waals surface area contributed by atoms with Crippen LogP contribution >= 0.6 is 0 Å². The van der Waals surface area contributed by atoms with Gasteiger partial charge in [-0.1, -0.05) is 52.0 Å². The van der Waals surface area contributed by atoms with Crippen LogP contribution in [-0.2, 0) is 20.8 Å². The SMILES string of the molecule is C=O.C=O.CC(=O)C(O)C(C)C.CCCC(F)(F)Oc1cc(C)ccc1C1CC1.CCOc1cc(C)ccc1CC. The molecule has 0 radical (unpaired) electrons. The van der Waals surface area contributed by atoms with Crippen LogP contribution < -0.4 is 9.47 Å². The highest BCUT2D eigenvalue weighted by Crippen LogP contribution is 2.45. The van der Waals surface area contributed by atoms with Gasteiger partial charge in [0.1, 0.15) is 31.2 Å². The molecule has 0 saturated heterocycles. The molecule has 0 amide bonds. The van der Waals surface area contributed by atoms with Crippen molar-refractivity contribution >= 4 is 19.4 Å². The zero-order valence-corrected chi connectivity index (χ0v) is 26.1. The van der Waals surface area contributed by atoms with E-state index in [1.54, 1.807) is 13.0 Å². The van der Waals surface area contributed by atoms with Crippen LogP contribution in [0.1, 0.15) is 95.4 Å². The first-order valence-corrected chi connectivity index (χ1v) is 14.0. The molecule has 1 N–H and O–H groups in total. The number of aliphatic hydroxyl groups is 1. The van der Waals surface area contributed by atoms with E-state index in [-0.39, 0.29) is 18.1 Å². The quantitative estimate of drug-likeness (QED) is 0.308. The molecule has 41 heavy (non-hydrogen) atoms. The van der Waals surface area contributed by atoms with E-state index < -0.39 is 12.2 Å². The zero-order chi connectivity index (χ0) is 32.2. The molecule has 0 aliphatic heterocycles. The van der Waals surface area contributed by atoms with Crippen LogP contribution in [0.5, 0.6) is 11.5 Å². The molecule has 2 aromatic carbocycles. The molecule has 0 spiro atoms. The number of rotatable bonds is 10. The van der Waals surface area contributed by atoms with E-state index >= 15 is 0 Å². The lowest BCUT2D eigenvalue weighted by Crippen LogP contribution is -2.24. The van der Waals surface area contributed by atoms with E-state index in [1.807, 2.05) is 53.4 Å². The first-order chi connectivity index (χ1) is 19.3. The fourth-order valence-electron chi connectivity index (χ4n) is 3.68. The molecule has 1 aliphatic carbocycles. The molecule has 1 unspecified atom stereocenters. The maximum atomic E-state index is 13.5. The Balaban J connectivity index is 0. The molecule has 1 atom stereocenters. The van der Waals surface area contributed by atoms with Gasteiger partial charge >= 0.3 is 6.11 Å². The van der Waals surface area contributed by atoms with Crippen molar-refractivity contribution in [2.24, 2.45) is 5.92 Å². The van der Waals surface area contributed by atoms with Crippen molar-refractivity contribution in [3.8, 4) is 11.5 Å². The Morgan fingerprint density at radius 3 is 1.88 bits per heavy atom. The van der Waals surface area contributed by atoms with E-state index in [9.17, 15) is 13.6 Å². The molecule has 0 bridgehead atoms. The van der Waals surface area contributed by atoms with Gasteiger partial charge in [0.2, 0.25) is 0 Å². The van der Waals surface area contributed by atoms with Crippen LogP contribution in [0.2, 0.25) is 0 Å². The van der Waals surface area contributed by atoms with Crippen molar-refractivity contribution in [1.82, 2.24) is 0 Å². The van der Waals surface area contributed by atoms with Crippen LogP contribution in [0, 0.1) is 19.8 Å². The lowest BCUT2D eigenvalue weighted by Gasteiger charge is -2.20. The fourth-order valence-corrected chi connectivity index (χ4v) is 3.68. The normalized spacial score (nSPS) is 12.5. The number of halogens is 2. The Bertz CT molecular complexity index is 1000. The largest absolute Gasteiger partial charge is 0.494 e. The van der Waals surface area contributed by atoms with Crippen molar-refractivity contribution in [3.63, 3.8) is 0 Å². The fraction of sp³-hybridized carbons (Fsp3) is 0.545. The zero-order valence-electron chi connectivity index (χ0n) is 26.1. The van der Waals surface area contributed by atoms with E-state index in [2.05, 4.69) is 32.0 Å². The summed E-state index contributed by atoms with van der Waals surface area (Å²) in [5, 5.41) is 8.85. The van der Waals surface area contributed by atoms with E-state index in [0.717, 1.165) is 42.7 Å². The van der Waals surface area contributed by atoms with Crippen LogP contribution in [0.4, 0.5) is 8.78 Å². The third-order valence-corrected chi connectivity index (χ3v) is 5.94. The number of ketones is 1. The molecule has 6 nitrogen and oxygen atoms in total. The molecule has 0 aromatic heterocycles. The molecular weight excluding hydrogens is 530 g/mol. The second-order valence-electron chi connectivity index (χ2n) is 10.0. The van der Waals surface area contributed by atoms with Crippen molar-refractivity contribution < 1.29 is 37.7 Å². The van der Waals surface area contributed by atoms with Gasteiger partial charge in [0.25, 0.3) is 0 Å². The standard InChI is InChI=1S/C14H18F2O.C11H16O.C6H12O2.2CH2O/c1-3-8-14(15,16)17-13-9-10(2)4-7-12(13)11-5-6-11;1-4-10-7-6-9(3)8-11(10)12-5-2;1-4(2)6(8)5(3)7;2*1-2/h4,7,9,11H,3,5-6,8H2,1-2H3;6-8H,4-5H2,1-3H3;4,6,8H,1-3H3;2*1H2. The predicted molar refractivity (Wildman–Crippen MR) is 161 cm³/mol. The van der Waals surface area contributed by atoms with Gasteiger partial charge in [0.05, 0.1) is 13.0 Å². The molecular formula is C33H50F2O6. The first kappa shape index (κ1) is 40.0. The van der Waals surface area contributed by atoms with Crippen molar-refractivity contribution in [2.45, 2.75) is 106 Å². The average molecular weight is 581 g/mol. The minimum absolute atomic E-state index is 0.0486. The Morgan fingerprint density at radius 2 is 1.49 bits per heavy atom. The summed E-state index contributed by atoms with van der Waals surface area (Å²) < 4.78 is 37.4. The number of aryl methyl sites for hydroxylation is 3. The summed E-state index contributed by atoms with van der Waals surface area (Å²) in [5.74, 6) is 1.72. The molecule has 232 valence electrons. The van der Waals surface area contributed by atoms with Gasteiger partial charge in [-0.2, -0.15) is 8.78 Å². The first-order valence-electron chi connectivity index (χ1n) is 14.0. The van der Waals surface area contributed by atoms with Gasteiger partial charge in [0, 0.05) is 0 Å². The number of hydrogen-bond acceptors (Lipinski definition) is 6. The topological polar surface area (TPSA) is 89.9 Å². The Labute approximate surface area is 245 Å². The van der Waals surface area contributed by atoms with Gasteiger partial charge in [0.15, 0.2) is 5.78 Å². The summed E-state index contributed by atoms with van der Waals surface area (Å²) in [4.78, 5) is 26.3. The third-order valence-electron chi connectivity index (χ3n) is 5.94. The third kappa shape index (κ3) is 16.7. The molecule has 2 aromatic rings. The van der Waals surface area contributed by atoms with E-state index in [4.69, 9.17) is 24.2 Å². The number of hydrogen-bond donors (Lipinski definition) is 1. The van der Waals surface area contributed by atoms with Gasteiger partial charge < -0.3 is 24.2 Å². The molecule has 8 heteroatoms. The van der Waals surface area contributed by atoms with E-state index in [1.165, 1.54) is 18.1 Å². The van der Waals surface area contributed by atoms with Crippen LogP contribution in [0.25, 0.3) is 0 Å². The van der Waals surface area contributed by atoms with Crippen LogP contribution in [0.15, 0.2) is 36.4 Å². The highest BCUT2D eigenvalue weighted by molar-refractivity contribution is 5.80. The summed E-state index contributed by atoms with van der Waals surface area (Å²) in [7, 11) is 0. The van der Waals surface area contributed by atoms with Crippen LogP contribution in [-0.4, -0.2) is 43.3 Å². The summed E-state index contributed by atoms with van der Waals surface area (Å²) in [6.07, 6.45) is -0.433. The monoisotopic (exact) mass is 580 g/mol. The lowest BCUT2D eigenvalue weighted by atomic mass is 10.1. The van der Waals surface area contributed by atoms with Crippen molar-refractivity contribution in [2.75, 3.05) is 6.61 Å². The number of carbonyl (C=O) groups is 3. The summed E-state index contributed by atoms with van der Waals surface area (Å²) in [6, 6.07) is 12.0. The lowest BCUT2D eigenvalue weighted by molar-refractivity contribution is -0.181. The molecule has 3 rings (SSSR count). The maximum Gasteiger partial charge on any atom is 0.397 e. The van der Waals surface area contributed by atoms with Crippen LogP contribution in [0.3, 0.4) is 0 Å². The number of benzene rings is 2. The van der Waals surface area contributed by atoms with Crippen molar-refractivity contribution in [1.29, 1.82) is 0 Å².